The van der Waals surface area contributed by atoms with Crippen molar-refractivity contribution in [2.24, 2.45) is 16.8 Å². The predicted octanol–water partition coefficient (Wildman–Crippen LogP) is 1.76. The fraction of sp³-hybridized carbons (Fsp3) is 0.556. The van der Waals surface area contributed by atoms with Crippen LogP contribution in [0.4, 0.5) is 0 Å². The first-order chi connectivity index (χ1) is 11.9. The molecule has 0 unspecified atom stereocenters. The van der Waals surface area contributed by atoms with Crippen LogP contribution in [0.15, 0.2) is 34.2 Å². The number of fused-ring (bicyclic) bond motifs is 1. The minimum absolute atomic E-state index is 0.0418. The van der Waals surface area contributed by atoms with Crippen molar-refractivity contribution in [1.82, 2.24) is 9.62 Å². The summed E-state index contributed by atoms with van der Waals surface area (Å²) in [5.74, 6) is 1.48. The Morgan fingerprint density at radius 2 is 1.80 bits per heavy atom. The van der Waals surface area contributed by atoms with Crippen molar-refractivity contribution >= 4 is 21.8 Å². The van der Waals surface area contributed by atoms with E-state index in [4.69, 9.17) is 0 Å². The second kappa shape index (κ2) is 5.83. The summed E-state index contributed by atoms with van der Waals surface area (Å²) < 4.78 is 26.8. The van der Waals surface area contributed by atoms with Crippen LogP contribution in [0.1, 0.15) is 38.2 Å². The molecule has 1 amide bonds. The van der Waals surface area contributed by atoms with Crippen molar-refractivity contribution in [2.45, 2.75) is 49.6 Å². The average molecular weight is 361 g/mol. The Balaban J connectivity index is 1.56. The maximum absolute atomic E-state index is 12.9. The Morgan fingerprint density at radius 3 is 2.40 bits per heavy atom. The topological polar surface area (TPSA) is 78.8 Å². The quantitative estimate of drug-likeness (QED) is 0.868. The largest absolute Gasteiger partial charge is 0.340 e. The molecule has 3 aliphatic rings. The summed E-state index contributed by atoms with van der Waals surface area (Å²) >= 11 is 0. The van der Waals surface area contributed by atoms with E-state index in [1.807, 2.05) is 11.9 Å². The fourth-order valence-electron chi connectivity index (χ4n) is 3.81. The number of hydrogen-bond acceptors (Lipinski definition) is 4. The van der Waals surface area contributed by atoms with E-state index < -0.39 is 16.1 Å². The van der Waals surface area contributed by atoms with Crippen LogP contribution in [0.25, 0.3) is 0 Å². The number of benzene rings is 1. The molecule has 2 saturated carbocycles. The number of rotatable bonds is 5. The molecular weight excluding hydrogens is 338 g/mol. The SMILES string of the molecule is C[C@H](N=C1NS(=O)(=O)c2ccccc21)C(=O)N(C)C(C1CC1)C1CC1. The van der Waals surface area contributed by atoms with Crippen molar-refractivity contribution in [3.05, 3.63) is 29.8 Å². The van der Waals surface area contributed by atoms with Gasteiger partial charge >= 0.3 is 0 Å². The molecule has 0 radical (unpaired) electrons. The molecule has 0 aromatic heterocycles. The number of amides is 1. The number of amidine groups is 1. The molecule has 0 saturated heterocycles. The van der Waals surface area contributed by atoms with Crippen molar-refractivity contribution in [3.8, 4) is 0 Å². The highest BCUT2D eigenvalue weighted by molar-refractivity contribution is 7.90. The van der Waals surface area contributed by atoms with E-state index in [0.717, 1.165) is 0 Å². The number of nitrogens with zero attached hydrogens (tertiary/aromatic N) is 2. The molecule has 6 nitrogen and oxygen atoms in total. The number of carbonyl (C=O) groups is 1. The fourth-order valence-corrected chi connectivity index (χ4v) is 5.05. The zero-order valence-electron chi connectivity index (χ0n) is 14.5. The van der Waals surface area contributed by atoms with Crippen LogP contribution >= 0.6 is 0 Å². The van der Waals surface area contributed by atoms with Gasteiger partial charge in [-0.1, -0.05) is 12.1 Å². The maximum atomic E-state index is 12.9. The van der Waals surface area contributed by atoms with E-state index in [1.54, 1.807) is 31.2 Å². The summed E-state index contributed by atoms with van der Waals surface area (Å²) in [5, 5.41) is 0. The lowest BCUT2D eigenvalue weighted by Gasteiger charge is -2.30. The van der Waals surface area contributed by atoms with Crippen LogP contribution in [-0.4, -0.2) is 44.2 Å². The van der Waals surface area contributed by atoms with Gasteiger partial charge in [-0.15, -0.1) is 0 Å². The number of hydrogen-bond donors (Lipinski definition) is 1. The van der Waals surface area contributed by atoms with Crippen LogP contribution in [0.2, 0.25) is 0 Å². The molecule has 25 heavy (non-hydrogen) atoms. The predicted molar refractivity (Wildman–Crippen MR) is 94.8 cm³/mol. The highest BCUT2D eigenvalue weighted by atomic mass is 32.2. The first kappa shape index (κ1) is 16.6. The zero-order valence-corrected chi connectivity index (χ0v) is 15.3. The maximum Gasteiger partial charge on any atom is 0.263 e. The van der Waals surface area contributed by atoms with E-state index in [-0.39, 0.29) is 16.6 Å². The first-order valence-electron chi connectivity index (χ1n) is 8.85. The molecule has 1 aromatic rings. The minimum Gasteiger partial charge on any atom is -0.340 e. The Labute approximate surface area is 148 Å². The number of nitrogens with one attached hydrogen (secondary N) is 1. The number of aliphatic imine (C=N–C) groups is 1. The van der Waals surface area contributed by atoms with Crippen molar-refractivity contribution in [3.63, 3.8) is 0 Å². The summed E-state index contributed by atoms with van der Waals surface area (Å²) in [7, 11) is -1.71. The van der Waals surface area contributed by atoms with E-state index in [9.17, 15) is 13.2 Å². The van der Waals surface area contributed by atoms with Crippen LogP contribution in [-0.2, 0) is 14.8 Å². The van der Waals surface area contributed by atoms with Gasteiger partial charge in [0.1, 0.15) is 11.9 Å². The summed E-state index contributed by atoms with van der Waals surface area (Å²) in [6, 6.07) is 6.42. The molecule has 1 atom stereocenters. The summed E-state index contributed by atoms with van der Waals surface area (Å²) in [6.07, 6.45) is 4.81. The summed E-state index contributed by atoms with van der Waals surface area (Å²) in [6.45, 7) is 1.73. The van der Waals surface area contributed by atoms with Gasteiger partial charge in [-0.2, -0.15) is 0 Å². The van der Waals surface area contributed by atoms with Gasteiger partial charge < -0.3 is 4.90 Å². The normalized spacial score (nSPS) is 24.0. The summed E-state index contributed by atoms with van der Waals surface area (Å²) in [5.41, 5.74) is 0.533. The molecule has 0 spiro atoms. The van der Waals surface area contributed by atoms with Gasteiger partial charge in [-0.25, -0.2) is 8.42 Å². The zero-order chi connectivity index (χ0) is 17.8. The van der Waals surface area contributed by atoms with Gasteiger partial charge in [-0.3, -0.25) is 14.5 Å². The first-order valence-corrected chi connectivity index (χ1v) is 10.3. The standard InChI is InChI=1S/C18H23N3O3S/c1-11(18(22)21(2)16(12-7-8-12)13-9-10-13)19-17-14-5-3-4-6-15(14)25(23,24)20-17/h3-6,11-13,16H,7-10H2,1-2H3,(H,19,20)/t11-/m0/s1. The summed E-state index contributed by atoms with van der Waals surface area (Å²) in [4.78, 5) is 19.3. The molecule has 7 heteroatoms. The van der Waals surface area contributed by atoms with Gasteiger partial charge in [0, 0.05) is 18.7 Å². The second-order valence-electron chi connectivity index (χ2n) is 7.37. The lowest BCUT2D eigenvalue weighted by atomic mass is 10.1. The molecule has 1 N–H and O–H groups in total. The molecule has 1 aliphatic heterocycles. The molecule has 1 heterocycles. The van der Waals surface area contributed by atoms with Crippen LogP contribution in [0.3, 0.4) is 0 Å². The molecule has 2 aliphatic carbocycles. The Kier molecular flexibility index (Phi) is 3.86. The van der Waals surface area contributed by atoms with Crippen molar-refractivity contribution in [1.29, 1.82) is 0 Å². The molecular formula is C18H23N3O3S. The Morgan fingerprint density at radius 1 is 1.20 bits per heavy atom. The van der Waals surface area contributed by atoms with Crippen molar-refractivity contribution in [2.75, 3.05) is 7.05 Å². The van der Waals surface area contributed by atoms with Gasteiger partial charge in [0.2, 0.25) is 5.91 Å². The van der Waals surface area contributed by atoms with Gasteiger partial charge in [0.05, 0.1) is 4.90 Å². The number of carbonyl (C=O) groups excluding carboxylic acids is 1. The third kappa shape index (κ3) is 3.05. The molecule has 134 valence electrons. The van der Waals surface area contributed by atoms with E-state index in [2.05, 4.69) is 9.71 Å². The second-order valence-corrected chi connectivity index (χ2v) is 9.02. The van der Waals surface area contributed by atoms with Crippen molar-refractivity contribution < 1.29 is 13.2 Å². The van der Waals surface area contributed by atoms with Crippen LogP contribution < -0.4 is 4.72 Å². The lowest BCUT2D eigenvalue weighted by molar-refractivity contribution is -0.133. The minimum atomic E-state index is -3.58. The molecule has 2 fully saturated rings. The monoisotopic (exact) mass is 361 g/mol. The van der Waals surface area contributed by atoms with Crippen LogP contribution in [0.5, 0.6) is 0 Å². The third-order valence-corrected chi connectivity index (χ3v) is 6.74. The van der Waals surface area contributed by atoms with Crippen LogP contribution in [0, 0.1) is 11.8 Å². The Hall–Kier alpha value is -1.89. The van der Waals surface area contributed by atoms with E-state index in [1.165, 1.54) is 25.7 Å². The smallest absolute Gasteiger partial charge is 0.263 e. The van der Waals surface area contributed by atoms with E-state index >= 15 is 0 Å². The molecule has 4 rings (SSSR count). The van der Waals surface area contributed by atoms with E-state index in [0.29, 0.717) is 23.4 Å². The van der Waals surface area contributed by atoms with Gasteiger partial charge in [0.25, 0.3) is 10.0 Å². The Bertz CT molecular complexity index is 829. The highest BCUT2D eigenvalue weighted by Gasteiger charge is 2.45. The third-order valence-electron chi connectivity index (χ3n) is 5.35. The molecule has 0 bridgehead atoms. The lowest BCUT2D eigenvalue weighted by Crippen LogP contribution is -2.44. The number of sulfonamides is 1. The number of likely N-dealkylation sites (N-methyl/N-ethyl adjacent to an activating group) is 1. The van der Waals surface area contributed by atoms with Gasteiger partial charge in [0.15, 0.2) is 0 Å². The highest BCUT2D eigenvalue weighted by Crippen LogP contribution is 2.47. The average Bonchev–Trinajstić information content (AvgIpc) is 3.48. The van der Waals surface area contributed by atoms with Gasteiger partial charge in [-0.05, 0) is 56.6 Å². The molecule has 1 aromatic carbocycles.